The molecule has 5 heteroatoms. The Labute approximate surface area is 78.1 Å². The number of rotatable bonds is 3. The van der Waals surface area contributed by atoms with Crippen LogP contribution in [0, 0.1) is 5.92 Å². The van der Waals surface area contributed by atoms with Crippen LogP contribution in [0.5, 0.6) is 0 Å². The van der Waals surface area contributed by atoms with Crippen LogP contribution >= 0.6 is 0 Å². The first-order valence-electron chi connectivity index (χ1n) is 4.41. The van der Waals surface area contributed by atoms with E-state index in [1.165, 1.54) is 0 Å². The number of hydrogen-bond acceptors (Lipinski definition) is 4. The zero-order valence-electron chi connectivity index (χ0n) is 8.36. The molecule has 74 valence electrons. The Kier molecular flexibility index (Phi) is 2.87. The number of aromatic nitrogens is 3. The summed E-state index contributed by atoms with van der Waals surface area (Å²) in [6.45, 7) is 4.16. The Hall–Kier alpha value is -1.10. The van der Waals surface area contributed by atoms with E-state index in [2.05, 4.69) is 23.9 Å². The second kappa shape index (κ2) is 3.74. The number of nitrogens with two attached hydrogens (primary N) is 2. The average molecular weight is 183 g/mol. The van der Waals surface area contributed by atoms with E-state index in [0.717, 1.165) is 5.82 Å². The molecule has 0 saturated carbocycles. The molecule has 1 unspecified atom stereocenters. The van der Waals surface area contributed by atoms with Crippen molar-refractivity contribution in [2.45, 2.75) is 26.3 Å². The lowest BCUT2D eigenvalue weighted by Gasteiger charge is -2.12. The van der Waals surface area contributed by atoms with Gasteiger partial charge in [-0.3, -0.25) is 0 Å². The molecule has 0 radical (unpaired) electrons. The van der Waals surface area contributed by atoms with E-state index in [9.17, 15) is 0 Å². The van der Waals surface area contributed by atoms with Crippen molar-refractivity contribution in [2.75, 3.05) is 5.73 Å². The molecule has 5 nitrogen and oxygen atoms in total. The van der Waals surface area contributed by atoms with Gasteiger partial charge in [-0.1, -0.05) is 13.8 Å². The predicted octanol–water partition coefficient (Wildman–Crippen LogP) is -0.0769. The number of hydrogen-bond donors (Lipinski definition) is 2. The molecule has 0 aromatic carbocycles. The SMILES string of the molecule is CC(C)C(N)Cc1nc(N)n(C)n1. The van der Waals surface area contributed by atoms with Gasteiger partial charge in [0.15, 0.2) is 5.82 Å². The number of nitrogen functional groups attached to an aromatic ring is 1. The van der Waals surface area contributed by atoms with Crippen LogP contribution in [0.3, 0.4) is 0 Å². The topological polar surface area (TPSA) is 82.7 Å². The van der Waals surface area contributed by atoms with Crippen molar-refractivity contribution in [3.8, 4) is 0 Å². The van der Waals surface area contributed by atoms with Crippen molar-refractivity contribution in [3.63, 3.8) is 0 Å². The molecule has 0 aliphatic rings. The Morgan fingerprint density at radius 1 is 1.46 bits per heavy atom. The Bertz CT molecular complexity index is 259. The molecule has 0 fully saturated rings. The first kappa shape index (κ1) is 9.98. The van der Waals surface area contributed by atoms with Crippen molar-refractivity contribution in [3.05, 3.63) is 5.82 Å². The van der Waals surface area contributed by atoms with Gasteiger partial charge in [0, 0.05) is 19.5 Å². The van der Waals surface area contributed by atoms with E-state index in [1.807, 2.05) is 0 Å². The first-order chi connectivity index (χ1) is 6.00. The fourth-order valence-electron chi connectivity index (χ4n) is 0.984. The van der Waals surface area contributed by atoms with Crippen LogP contribution in [0.4, 0.5) is 5.95 Å². The van der Waals surface area contributed by atoms with Crippen LogP contribution in [-0.4, -0.2) is 20.8 Å². The molecule has 1 aromatic rings. The second-order valence-corrected chi connectivity index (χ2v) is 3.62. The average Bonchev–Trinajstić information content (AvgIpc) is 2.31. The molecule has 1 atom stereocenters. The molecule has 1 aromatic heterocycles. The zero-order chi connectivity index (χ0) is 10.0. The van der Waals surface area contributed by atoms with Crippen molar-refractivity contribution >= 4 is 5.95 Å². The summed E-state index contributed by atoms with van der Waals surface area (Å²) in [5.74, 6) is 1.59. The summed E-state index contributed by atoms with van der Waals surface area (Å²) in [5, 5.41) is 4.13. The summed E-state index contributed by atoms with van der Waals surface area (Å²) < 4.78 is 1.56. The van der Waals surface area contributed by atoms with Crippen molar-refractivity contribution in [2.24, 2.45) is 18.7 Å². The molecule has 4 N–H and O–H groups in total. The molecule has 1 heterocycles. The molecular weight excluding hydrogens is 166 g/mol. The van der Waals surface area contributed by atoms with Gasteiger partial charge in [0.05, 0.1) is 0 Å². The Balaban J connectivity index is 2.64. The van der Waals surface area contributed by atoms with Crippen LogP contribution < -0.4 is 11.5 Å². The molecule has 0 bridgehead atoms. The normalized spacial score (nSPS) is 13.6. The third-order valence-corrected chi connectivity index (χ3v) is 2.12. The molecule has 0 aliphatic carbocycles. The molecular formula is C8H17N5. The predicted molar refractivity (Wildman–Crippen MR) is 51.9 cm³/mol. The molecule has 0 saturated heterocycles. The highest BCUT2D eigenvalue weighted by Crippen LogP contribution is 2.05. The molecule has 0 spiro atoms. The summed E-state index contributed by atoms with van der Waals surface area (Å²) in [6, 6.07) is 0.0989. The van der Waals surface area contributed by atoms with Crippen LogP contribution in [0.1, 0.15) is 19.7 Å². The van der Waals surface area contributed by atoms with Gasteiger partial charge in [-0.2, -0.15) is 10.1 Å². The van der Waals surface area contributed by atoms with E-state index < -0.39 is 0 Å². The smallest absolute Gasteiger partial charge is 0.218 e. The zero-order valence-corrected chi connectivity index (χ0v) is 8.36. The minimum atomic E-state index is 0.0989. The quantitative estimate of drug-likeness (QED) is 0.686. The summed E-state index contributed by atoms with van der Waals surface area (Å²) in [5.41, 5.74) is 11.4. The fourth-order valence-corrected chi connectivity index (χ4v) is 0.984. The maximum atomic E-state index is 5.88. The summed E-state index contributed by atoms with van der Waals surface area (Å²) in [6.07, 6.45) is 0.683. The minimum Gasteiger partial charge on any atom is -0.368 e. The van der Waals surface area contributed by atoms with Gasteiger partial charge < -0.3 is 11.5 Å². The van der Waals surface area contributed by atoms with Crippen LogP contribution in [0.2, 0.25) is 0 Å². The highest BCUT2D eigenvalue weighted by atomic mass is 15.4. The lowest BCUT2D eigenvalue weighted by Crippen LogP contribution is -2.29. The molecule has 0 aliphatic heterocycles. The lowest BCUT2D eigenvalue weighted by molar-refractivity contribution is 0.480. The Morgan fingerprint density at radius 3 is 2.46 bits per heavy atom. The summed E-state index contributed by atoms with van der Waals surface area (Å²) in [7, 11) is 1.77. The first-order valence-corrected chi connectivity index (χ1v) is 4.41. The van der Waals surface area contributed by atoms with E-state index in [-0.39, 0.29) is 6.04 Å². The van der Waals surface area contributed by atoms with E-state index in [0.29, 0.717) is 18.3 Å². The van der Waals surface area contributed by atoms with Crippen molar-refractivity contribution in [1.29, 1.82) is 0 Å². The summed E-state index contributed by atoms with van der Waals surface area (Å²) in [4.78, 5) is 4.08. The van der Waals surface area contributed by atoms with Gasteiger partial charge in [0.2, 0.25) is 5.95 Å². The van der Waals surface area contributed by atoms with E-state index in [1.54, 1.807) is 11.7 Å². The standard InChI is InChI=1S/C8H17N5/c1-5(2)6(9)4-7-11-8(10)13(3)12-7/h5-6H,4,9H2,1-3H3,(H2,10,11,12). The monoisotopic (exact) mass is 183 g/mol. The van der Waals surface area contributed by atoms with E-state index in [4.69, 9.17) is 11.5 Å². The maximum Gasteiger partial charge on any atom is 0.218 e. The second-order valence-electron chi connectivity index (χ2n) is 3.62. The summed E-state index contributed by atoms with van der Waals surface area (Å²) >= 11 is 0. The van der Waals surface area contributed by atoms with Crippen molar-refractivity contribution in [1.82, 2.24) is 14.8 Å². The van der Waals surface area contributed by atoms with E-state index >= 15 is 0 Å². The third kappa shape index (κ3) is 2.42. The number of nitrogens with zero attached hydrogens (tertiary/aromatic N) is 3. The maximum absolute atomic E-state index is 5.88. The van der Waals surface area contributed by atoms with Gasteiger partial charge in [-0.25, -0.2) is 4.68 Å². The highest BCUT2D eigenvalue weighted by molar-refractivity contribution is 5.15. The van der Waals surface area contributed by atoms with Gasteiger partial charge in [0.1, 0.15) is 0 Å². The molecule has 0 amide bonds. The number of aryl methyl sites for hydroxylation is 1. The van der Waals surface area contributed by atoms with Crippen LogP contribution in [0.25, 0.3) is 0 Å². The van der Waals surface area contributed by atoms with Crippen molar-refractivity contribution < 1.29 is 0 Å². The van der Waals surface area contributed by atoms with Gasteiger partial charge in [-0.15, -0.1) is 0 Å². The number of anilines is 1. The highest BCUT2D eigenvalue weighted by Gasteiger charge is 2.12. The van der Waals surface area contributed by atoms with Crippen LogP contribution in [-0.2, 0) is 13.5 Å². The molecule has 1 rings (SSSR count). The lowest BCUT2D eigenvalue weighted by atomic mass is 10.0. The minimum absolute atomic E-state index is 0.0989. The Morgan fingerprint density at radius 2 is 2.08 bits per heavy atom. The third-order valence-electron chi connectivity index (χ3n) is 2.12. The largest absolute Gasteiger partial charge is 0.368 e. The fraction of sp³-hybridized carbons (Fsp3) is 0.750. The van der Waals surface area contributed by atoms with Gasteiger partial charge in [0.25, 0.3) is 0 Å². The van der Waals surface area contributed by atoms with Crippen LogP contribution in [0.15, 0.2) is 0 Å². The van der Waals surface area contributed by atoms with Gasteiger partial charge >= 0.3 is 0 Å². The van der Waals surface area contributed by atoms with Gasteiger partial charge in [-0.05, 0) is 5.92 Å². The molecule has 13 heavy (non-hydrogen) atoms.